The van der Waals surface area contributed by atoms with Crippen molar-refractivity contribution in [2.45, 2.75) is 6.61 Å². The van der Waals surface area contributed by atoms with Crippen LogP contribution in [0.5, 0.6) is 5.75 Å². The summed E-state index contributed by atoms with van der Waals surface area (Å²) in [4.78, 5) is 23.9. The standard InChI is InChI=1S/C23H20BrN3O3/c24-20-8-4-7-19(13-20)23(29)25-15-22(28)27-26-14-17-9-11-21(12-10-17)30-16-18-5-2-1-3-6-18/h1-14H,15-16H2,(H,25,29)(H,27,28)/b26-14+. The Hall–Kier alpha value is -3.45. The minimum atomic E-state index is -0.419. The van der Waals surface area contributed by atoms with Crippen molar-refractivity contribution in [2.24, 2.45) is 5.10 Å². The highest BCUT2D eigenvalue weighted by Gasteiger charge is 2.07. The van der Waals surface area contributed by atoms with Crippen LogP contribution >= 0.6 is 15.9 Å². The monoisotopic (exact) mass is 465 g/mol. The second-order valence-electron chi connectivity index (χ2n) is 6.33. The zero-order chi connectivity index (χ0) is 21.2. The van der Waals surface area contributed by atoms with Gasteiger partial charge < -0.3 is 10.1 Å². The van der Waals surface area contributed by atoms with Gasteiger partial charge in [0.25, 0.3) is 11.8 Å². The average molecular weight is 466 g/mol. The van der Waals surface area contributed by atoms with Crippen molar-refractivity contribution in [2.75, 3.05) is 6.54 Å². The minimum absolute atomic E-state index is 0.172. The van der Waals surface area contributed by atoms with Crippen LogP contribution in [0.15, 0.2) is 88.4 Å². The lowest BCUT2D eigenvalue weighted by Crippen LogP contribution is -2.34. The SMILES string of the molecule is O=C(CNC(=O)c1cccc(Br)c1)N/N=C/c1ccc(OCc2ccccc2)cc1. The molecule has 0 saturated carbocycles. The Morgan fingerprint density at radius 3 is 2.47 bits per heavy atom. The zero-order valence-electron chi connectivity index (χ0n) is 16.0. The maximum Gasteiger partial charge on any atom is 0.259 e. The first kappa shape index (κ1) is 21.3. The molecule has 0 saturated heterocycles. The van der Waals surface area contributed by atoms with Gasteiger partial charge in [-0.05, 0) is 53.6 Å². The van der Waals surface area contributed by atoms with Gasteiger partial charge in [0, 0.05) is 10.0 Å². The molecule has 6 nitrogen and oxygen atoms in total. The van der Waals surface area contributed by atoms with Crippen molar-refractivity contribution >= 4 is 34.0 Å². The van der Waals surface area contributed by atoms with Gasteiger partial charge in [0.05, 0.1) is 12.8 Å². The Labute approximate surface area is 183 Å². The molecule has 152 valence electrons. The van der Waals surface area contributed by atoms with Crippen LogP contribution in [0.25, 0.3) is 0 Å². The van der Waals surface area contributed by atoms with E-state index in [9.17, 15) is 9.59 Å². The van der Waals surface area contributed by atoms with Crippen molar-refractivity contribution < 1.29 is 14.3 Å². The molecule has 3 rings (SSSR count). The Morgan fingerprint density at radius 1 is 0.967 bits per heavy atom. The molecule has 0 heterocycles. The first-order valence-electron chi connectivity index (χ1n) is 9.22. The van der Waals surface area contributed by atoms with Crippen LogP contribution in [0.3, 0.4) is 0 Å². The second-order valence-corrected chi connectivity index (χ2v) is 7.25. The summed E-state index contributed by atoms with van der Waals surface area (Å²) >= 11 is 3.30. The van der Waals surface area contributed by atoms with Crippen molar-refractivity contribution in [1.82, 2.24) is 10.7 Å². The van der Waals surface area contributed by atoms with Crippen LogP contribution in [0.2, 0.25) is 0 Å². The highest BCUT2D eigenvalue weighted by molar-refractivity contribution is 9.10. The summed E-state index contributed by atoms with van der Waals surface area (Å²) < 4.78 is 6.52. The van der Waals surface area contributed by atoms with Crippen LogP contribution < -0.4 is 15.5 Å². The molecule has 30 heavy (non-hydrogen) atoms. The van der Waals surface area contributed by atoms with Crippen LogP contribution in [-0.4, -0.2) is 24.6 Å². The van der Waals surface area contributed by atoms with Gasteiger partial charge in [-0.15, -0.1) is 0 Å². The lowest BCUT2D eigenvalue weighted by molar-refractivity contribution is -0.120. The number of hydrogen-bond acceptors (Lipinski definition) is 4. The van der Waals surface area contributed by atoms with Gasteiger partial charge in [-0.25, -0.2) is 5.43 Å². The van der Waals surface area contributed by atoms with E-state index in [0.29, 0.717) is 12.2 Å². The van der Waals surface area contributed by atoms with Crippen LogP contribution in [-0.2, 0) is 11.4 Å². The number of carbonyl (C=O) groups excluding carboxylic acids is 2. The number of nitrogens with one attached hydrogen (secondary N) is 2. The molecule has 0 aliphatic rings. The summed E-state index contributed by atoms with van der Waals surface area (Å²) in [6.45, 7) is 0.324. The zero-order valence-corrected chi connectivity index (χ0v) is 17.6. The number of carbonyl (C=O) groups is 2. The van der Waals surface area contributed by atoms with Gasteiger partial charge in [-0.2, -0.15) is 5.10 Å². The molecule has 0 fully saturated rings. The molecule has 0 aliphatic heterocycles. The maximum absolute atomic E-state index is 12.0. The fourth-order valence-corrected chi connectivity index (χ4v) is 2.90. The van der Waals surface area contributed by atoms with Gasteiger partial charge in [0.15, 0.2) is 0 Å². The molecule has 0 aliphatic carbocycles. The molecular weight excluding hydrogens is 446 g/mol. The normalized spacial score (nSPS) is 10.6. The Kier molecular flexibility index (Phi) is 7.74. The molecule has 0 atom stereocenters. The Morgan fingerprint density at radius 2 is 1.73 bits per heavy atom. The molecule has 2 amide bonds. The number of amides is 2. The quantitative estimate of drug-likeness (QED) is 0.390. The Balaban J connectivity index is 1.41. The topological polar surface area (TPSA) is 79.8 Å². The summed E-state index contributed by atoms with van der Waals surface area (Å²) in [5.41, 5.74) is 4.75. The van der Waals surface area contributed by atoms with E-state index in [1.165, 1.54) is 6.21 Å². The van der Waals surface area contributed by atoms with Crippen LogP contribution in [0.4, 0.5) is 0 Å². The van der Waals surface area contributed by atoms with Crippen molar-refractivity contribution in [3.63, 3.8) is 0 Å². The first-order chi connectivity index (χ1) is 14.6. The lowest BCUT2D eigenvalue weighted by atomic mass is 10.2. The van der Waals surface area contributed by atoms with E-state index < -0.39 is 5.91 Å². The minimum Gasteiger partial charge on any atom is -0.489 e. The number of nitrogens with zero attached hydrogens (tertiary/aromatic N) is 1. The van der Waals surface area contributed by atoms with Gasteiger partial charge in [0.2, 0.25) is 0 Å². The van der Waals surface area contributed by atoms with Gasteiger partial charge in [-0.3, -0.25) is 9.59 Å². The summed E-state index contributed by atoms with van der Waals surface area (Å²) in [7, 11) is 0. The first-order valence-corrected chi connectivity index (χ1v) is 10.0. The van der Waals surface area contributed by atoms with E-state index in [1.807, 2.05) is 60.7 Å². The third kappa shape index (κ3) is 6.86. The smallest absolute Gasteiger partial charge is 0.259 e. The number of hydrazone groups is 1. The molecule has 0 spiro atoms. The number of hydrogen-bond donors (Lipinski definition) is 2. The molecule has 7 heteroatoms. The van der Waals surface area contributed by atoms with E-state index in [-0.39, 0.29) is 12.5 Å². The predicted molar refractivity (Wildman–Crippen MR) is 119 cm³/mol. The molecule has 0 aromatic heterocycles. The summed E-state index contributed by atoms with van der Waals surface area (Å²) in [5, 5.41) is 6.45. The summed E-state index contributed by atoms with van der Waals surface area (Å²) in [6.07, 6.45) is 1.52. The number of ether oxygens (including phenoxy) is 1. The Bertz CT molecular complexity index is 1020. The number of benzene rings is 3. The third-order valence-corrected chi connectivity index (χ3v) is 4.52. The van der Waals surface area contributed by atoms with Gasteiger partial charge >= 0.3 is 0 Å². The van der Waals surface area contributed by atoms with E-state index in [4.69, 9.17) is 4.74 Å². The fourth-order valence-electron chi connectivity index (χ4n) is 2.50. The molecular formula is C23H20BrN3O3. The highest BCUT2D eigenvalue weighted by atomic mass is 79.9. The molecule has 0 radical (unpaired) electrons. The molecule has 0 unspecified atom stereocenters. The molecule has 3 aromatic rings. The van der Waals surface area contributed by atoms with E-state index in [2.05, 4.69) is 31.8 Å². The van der Waals surface area contributed by atoms with Crippen LogP contribution in [0, 0.1) is 0 Å². The second kappa shape index (κ2) is 10.9. The predicted octanol–water partition coefficient (Wildman–Crippen LogP) is 3.91. The maximum atomic E-state index is 12.0. The van der Waals surface area contributed by atoms with E-state index in [0.717, 1.165) is 21.3 Å². The lowest BCUT2D eigenvalue weighted by Gasteiger charge is -2.06. The van der Waals surface area contributed by atoms with Crippen molar-refractivity contribution in [3.05, 3.63) is 100 Å². The number of halogens is 1. The van der Waals surface area contributed by atoms with Crippen molar-refractivity contribution in [1.29, 1.82) is 0 Å². The number of rotatable bonds is 8. The molecule has 3 aromatic carbocycles. The average Bonchev–Trinajstić information content (AvgIpc) is 2.77. The van der Waals surface area contributed by atoms with Gasteiger partial charge in [-0.1, -0.05) is 52.3 Å². The highest BCUT2D eigenvalue weighted by Crippen LogP contribution is 2.13. The van der Waals surface area contributed by atoms with Gasteiger partial charge in [0.1, 0.15) is 12.4 Å². The fraction of sp³-hybridized carbons (Fsp3) is 0.0870. The molecule has 0 bridgehead atoms. The summed E-state index contributed by atoms with van der Waals surface area (Å²) in [6, 6.07) is 24.2. The van der Waals surface area contributed by atoms with Crippen molar-refractivity contribution in [3.8, 4) is 5.75 Å². The van der Waals surface area contributed by atoms with E-state index >= 15 is 0 Å². The summed E-state index contributed by atoms with van der Waals surface area (Å²) in [5.74, 6) is -0.00534. The van der Waals surface area contributed by atoms with Crippen LogP contribution in [0.1, 0.15) is 21.5 Å². The molecule has 2 N–H and O–H groups in total. The van der Waals surface area contributed by atoms with E-state index in [1.54, 1.807) is 18.2 Å². The third-order valence-electron chi connectivity index (χ3n) is 4.03. The largest absolute Gasteiger partial charge is 0.489 e.